The lowest BCUT2D eigenvalue weighted by Gasteiger charge is -2.11. The molecule has 25 heavy (non-hydrogen) atoms. The second kappa shape index (κ2) is 6.94. The van der Waals surface area contributed by atoms with Gasteiger partial charge in [-0.3, -0.25) is 9.59 Å². The Balaban J connectivity index is 0.000000150. The largest absolute Gasteiger partial charge is 0.507 e. The standard InChI is InChI=1S/C10H6O4.C9H10OS/c11-5-1-2-6(12)10-8(14)4-3-7(13)9(5)10;1-2-5-10-8-6-7-3-4-9(8)11-7/h1-4,11-12H;3-4,6H,2,5H2,1H3. The van der Waals surface area contributed by atoms with E-state index >= 15 is 0 Å². The van der Waals surface area contributed by atoms with E-state index in [0.717, 1.165) is 30.9 Å². The van der Waals surface area contributed by atoms with Crippen LogP contribution in [0.1, 0.15) is 34.1 Å². The van der Waals surface area contributed by atoms with Crippen molar-refractivity contribution in [2.24, 2.45) is 0 Å². The lowest BCUT2D eigenvalue weighted by atomic mass is 9.93. The fraction of sp³-hybridized carbons (Fsp3) is 0.158. The van der Waals surface area contributed by atoms with Crippen LogP contribution in [0.15, 0.2) is 42.5 Å². The van der Waals surface area contributed by atoms with Gasteiger partial charge in [0.05, 0.1) is 22.4 Å². The molecule has 2 heterocycles. The number of carbonyl (C=O) groups is 2. The number of fused-ring (bicyclic) bond motifs is 3. The molecule has 0 unspecified atom stereocenters. The van der Waals surface area contributed by atoms with Gasteiger partial charge in [0.25, 0.3) is 0 Å². The Kier molecular flexibility index (Phi) is 4.72. The van der Waals surface area contributed by atoms with Crippen molar-refractivity contribution >= 4 is 32.3 Å². The van der Waals surface area contributed by atoms with Gasteiger partial charge in [-0.1, -0.05) is 6.92 Å². The molecule has 2 aromatic heterocycles. The van der Waals surface area contributed by atoms with Crippen LogP contribution in [0.2, 0.25) is 0 Å². The minimum Gasteiger partial charge on any atom is -0.507 e. The molecule has 0 saturated heterocycles. The number of phenolic OH excluding ortho intramolecular Hbond substituents is 2. The smallest absolute Gasteiger partial charge is 0.190 e. The third-order valence-electron chi connectivity index (χ3n) is 3.64. The molecule has 1 aliphatic rings. The van der Waals surface area contributed by atoms with Crippen molar-refractivity contribution in [2.45, 2.75) is 13.3 Å². The van der Waals surface area contributed by atoms with Crippen LogP contribution in [0.25, 0.3) is 9.40 Å². The maximum Gasteiger partial charge on any atom is 0.190 e. The van der Waals surface area contributed by atoms with Gasteiger partial charge in [0.2, 0.25) is 0 Å². The molecule has 6 heteroatoms. The van der Waals surface area contributed by atoms with Gasteiger partial charge in [0.1, 0.15) is 17.2 Å². The summed E-state index contributed by atoms with van der Waals surface area (Å²) in [5, 5.41) is 18.7. The summed E-state index contributed by atoms with van der Waals surface area (Å²) in [6.45, 7) is 2.95. The van der Waals surface area contributed by atoms with E-state index in [2.05, 4.69) is 25.1 Å². The van der Waals surface area contributed by atoms with Gasteiger partial charge in [0.15, 0.2) is 11.6 Å². The minimum absolute atomic E-state index is 0.127. The SMILES string of the molecule is CCCOc1cc2ccc1s2.O=C1C=CC(=O)c2c(O)ccc(O)c21. The van der Waals surface area contributed by atoms with Gasteiger partial charge in [-0.25, -0.2) is 0 Å². The summed E-state index contributed by atoms with van der Waals surface area (Å²) in [7, 11) is 0. The highest BCUT2D eigenvalue weighted by atomic mass is 32.1. The van der Waals surface area contributed by atoms with Crippen LogP contribution in [-0.4, -0.2) is 28.4 Å². The van der Waals surface area contributed by atoms with E-state index in [1.54, 1.807) is 11.3 Å². The van der Waals surface area contributed by atoms with E-state index in [1.165, 1.54) is 21.5 Å². The summed E-state index contributed by atoms with van der Waals surface area (Å²) in [6.07, 6.45) is 3.22. The predicted octanol–water partition coefficient (Wildman–Crippen LogP) is 4.16. The Labute approximate surface area is 148 Å². The first-order valence-electron chi connectivity index (χ1n) is 7.77. The lowest BCUT2D eigenvalue weighted by molar-refractivity contribution is 0.0989. The highest BCUT2D eigenvalue weighted by molar-refractivity contribution is 7.24. The van der Waals surface area contributed by atoms with Crippen molar-refractivity contribution < 1.29 is 24.5 Å². The molecule has 0 atom stereocenters. The van der Waals surface area contributed by atoms with Crippen molar-refractivity contribution in [1.29, 1.82) is 0 Å². The fourth-order valence-corrected chi connectivity index (χ4v) is 3.40. The number of rotatable bonds is 3. The number of ether oxygens (including phenoxy) is 1. The monoisotopic (exact) mass is 356 g/mol. The van der Waals surface area contributed by atoms with E-state index in [4.69, 9.17) is 4.74 Å². The van der Waals surface area contributed by atoms with Crippen molar-refractivity contribution in [2.75, 3.05) is 6.61 Å². The fourth-order valence-electron chi connectivity index (χ4n) is 2.49. The van der Waals surface area contributed by atoms with Crippen LogP contribution >= 0.6 is 11.3 Å². The predicted molar refractivity (Wildman–Crippen MR) is 96.4 cm³/mol. The number of hydrogen-bond donors (Lipinski definition) is 2. The van der Waals surface area contributed by atoms with Crippen LogP contribution in [0, 0.1) is 0 Å². The Hall–Kier alpha value is -2.86. The summed E-state index contributed by atoms with van der Waals surface area (Å²) in [6, 6.07) is 8.70. The highest BCUT2D eigenvalue weighted by Gasteiger charge is 2.25. The number of allylic oxidation sites excluding steroid dienone is 2. The number of ketones is 2. The average molecular weight is 356 g/mol. The second-order valence-corrected chi connectivity index (χ2v) is 6.59. The highest BCUT2D eigenvalue weighted by Crippen LogP contribution is 2.34. The Morgan fingerprint density at radius 1 is 0.960 bits per heavy atom. The molecule has 0 fully saturated rings. The number of hydrogen-bond acceptors (Lipinski definition) is 6. The first kappa shape index (κ1) is 17.0. The summed E-state index contributed by atoms with van der Waals surface area (Å²) in [4.78, 5) is 22.6. The first-order valence-corrected chi connectivity index (χ1v) is 8.59. The van der Waals surface area contributed by atoms with Gasteiger partial charge in [-0.2, -0.15) is 0 Å². The first-order chi connectivity index (χ1) is 12.0. The van der Waals surface area contributed by atoms with Crippen LogP contribution in [0.4, 0.5) is 0 Å². The number of carbonyl (C=O) groups excluding carboxylic acids is 2. The van der Waals surface area contributed by atoms with Gasteiger partial charge in [-0.15, -0.1) is 11.3 Å². The van der Waals surface area contributed by atoms with E-state index in [0.29, 0.717) is 0 Å². The van der Waals surface area contributed by atoms with Crippen molar-refractivity contribution in [3.8, 4) is 17.2 Å². The molecule has 2 N–H and O–H groups in total. The van der Waals surface area contributed by atoms with E-state index in [1.807, 2.05) is 0 Å². The van der Waals surface area contributed by atoms with E-state index < -0.39 is 11.6 Å². The quantitative estimate of drug-likeness (QED) is 0.689. The molecule has 128 valence electrons. The average Bonchev–Trinajstić information content (AvgIpc) is 3.22. The zero-order valence-electron chi connectivity index (χ0n) is 13.5. The van der Waals surface area contributed by atoms with Gasteiger partial charge in [-0.05, 0) is 48.9 Å². The van der Waals surface area contributed by atoms with Crippen LogP contribution in [0.3, 0.4) is 0 Å². The molecule has 2 bridgehead atoms. The zero-order chi connectivity index (χ0) is 18.0. The van der Waals surface area contributed by atoms with E-state index in [9.17, 15) is 19.8 Å². The molecule has 1 aromatic carbocycles. The van der Waals surface area contributed by atoms with Crippen molar-refractivity contribution in [1.82, 2.24) is 0 Å². The molecule has 0 amide bonds. The third-order valence-corrected chi connectivity index (χ3v) is 4.69. The topological polar surface area (TPSA) is 83.8 Å². The van der Waals surface area contributed by atoms with Crippen LogP contribution in [0.5, 0.6) is 17.2 Å². The van der Waals surface area contributed by atoms with Gasteiger partial charge >= 0.3 is 0 Å². The Morgan fingerprint density at radius 3 is 2.00 bits per heavy atom. The maximum absolute atomic E-state index is 11.3. The van der Waals surface area contributed by atoms with Gasteiger partial charge in [0, 0.05) is 4.70 Å². The van der Waals surface area contributed by atoms with Gasteiger partial charge < -0.3 is 14.9 Å². The Bertz CT molecular complexity index is 911. The molecular weight excluding hydrogens is 340 g/mol. The van der Waals surface area contributed by atoms with Crippen LogP contribution < -0.4 is 4.74 Å². The summed E-state index contributed by atoms with van der Waals surface area (Å²) >= 11 is 1.79. The summed E-state index contributed by atoms with van der Waals surface area (Å²) in [5.74, 6) is -0.476. The summed E-state index contributed by atoms with van der Waals surface area (Å²) < 4.78 is 8.10. The molecule has 0 spiro atoms. The lowest BCUT2D eigenvalue weighted by Crippen LogP contribution is -2.11. The molecular formula is C19H16O5S. The number of phenols is 2. The molecule has 0 saturated carbocycles. The molecule has 0 aliphatic heterocycles. The molecule has 5 nitrogen and oxygen atoms in total. The third kappa shape index (κ3) is 3.34. The normalized spacial score (nSPS) is 12.8. The maximum atomic E-state index is 11.3. The summed E-state index contributed by atoms with van der Waals surface area (Å²) in [5.41, 5.74) is -0.255. The number of benzene rings is 2. The van der Waals surface area contributed by atoms with E-state index in [-0.39, 0.29) is 22.6 Å². The molecule has 0 radical (unpaired) electrons. The number of aromatic hydroxyl groups is 2. The molecule has 1 aliphatic carbocycles. The number of thiophene rings is 2. The second-order valence-electron chi connectivity index (χ2n) is 5.47. The van der Waals surface area contributed by atoms with Crippen molar-refractivity contribution in [3.05, 3.63) is 53.6 Å². The zero-order valence-corrected chi connectivity index (χ0v) is 14.3. The molecule has 3 aromatic rings. The Morgan fingerprint density at radius 2 is 1.56 bits per heavy atom. The minimum atomic E-state index is -0.479. The molecule has 4 rings (SSSR count). The van der Waals surface area contributed by atoms with Crippen LogP contribution in [-0.2, 0) is 0 Å². The van der Waals surface area contributed by atoms with Crippen molar-refractivity contribution in [3.63, 3.8) is 0 Å².